The number of aromatic nitrogens is 1. The van der Waals surface area contributed by atoms with Crippen molar-refractivity contribution in [3.05, 3.63) is 52.3 Å². The highest BCUT2D eigenvalue weighted by molar-refractivity contribution is 6.35. The number of carbonyl (C=O) groups is 2. The maximum absolute atomic E-state index is 12.6. The van der Waals surface area contributed by atoms with Crippen LogP contribution in [0.25, 0.3) is 22.3 Å². The fourth-order valence-electron chi connectivity index (χ4n) is 3.72. The SMILES string of the molecule is COc1ccc(-c2cn(C)c(C(=O)C=O)c2-c2cc(OC)c(OC)c(OC)c2)cc1[N+](=O)[O-]. The molecule has 0 fully saturated rings. The van der Waals surface area contributed by atoms with Crippen LogP contribution in [0.1, 0.15) is 10.5 Å². The van der Waals surface area contributed by atoms with Crippen LogP contribution >= 0.6 is 0 Å². The number of ketones is 1. The number of nitrogens with zero attached hydrogens (tertiary/aromatic N) is 2. The van der Waals surface area contributed by atoms with E-state index in [9.17, 15) is 19.7 Å². The Labute approximate surface area is 189 Å². The largest absolute Gasteiger partial charge is 0.493 e. The predicted molar refractivity (Wildman–Crippen MR) is 120 cm³/mol. The zero-order valence-electron chi connectivity index (χ0n) is 18.7. The van der Waals surface area contributed by atoms with Gasteiger partial charge in [0.2, 0.25) is 11.5 Å². The number of nitro benzene ring substituents is 1. The van der Waals surface area contributed by atoms with E-state index in [0.717, 1.165) is 0 Å². The van der Waals surface area contributed by atoms with E-state index in [-0.39, 0.29) is 23.4 Å². The second kappa shape index (κ2) is 9.43. The van der Waals surface area contributed by atoms with Gasteiger partial charge in [-0.3, -0.25) is 19.7 Å². The van der Waals surface area contributed by atoms with Gasteiger partial charge in [-0.2, -0.15) is 0 Å². The van der Waals surface area contributed by atoms with Gasteiger partial charge in [0.15, 0.2) is 23.5 Å². The van der Waals surface area contributed by atoms with Crippen molar-refractivity contribution >= 4 is 17.8 Å². The molecule has 0 amide bonds. The molecular formula is C23H22N2O8. The Kier molecular flexibility index (Phi) is 6.67. The van der Waals surface area contributed by atoms with E-state index in [1.807, 2.05) is 0 Å². The molecule has 3 rings (SSSR count). The Morgan fingerprint density at radius 2 is 1.55 bits per heavy atom. The van der Waals surface area contributed by atoms with Gasteiger partial charge < -0.3 is 23.5 Å². The minimum atomic E-state index is -0.754. The standard InChI is InChI=1S/C23H22N2O8/c1-24-11-15(13-6-7-18(30-2)16(8-13)25(28)29)21(22(24)17(27)12-26)14-9-19(31-3)23(33-5)20(10-14)32-4/h6-12H,1-5H3. The van der Waals surface area contributed by atoms with Crippen molar-refractivity contribution in [1.82, 2.24) is 4.57 Å². The summed E-state index contributed by atoms with van der Waals surface area (Å²) < 4.78 is 22.8. The van der Waals surface area contributed by atoms with Crippen LogP contribution in [0.5, 0.6) is 23.0 Å². The maximum atomic E-state index is 12.6. The highest BCUT2D eigenvalue weighted by Gasteiger charge is 2.26. The molecule has 1 heterocycles. The third kappa shape index (κ3) is 4.10. The van der Waals surface area contributed by atoms with Gasteiger partial charge in [-0.15, -0.1) is 0 Å². The molecule has 0 aliphatic rings. The number of benzene rings is 2. The van der Waals surface area contributed by atoms with Crippen LogP contribution < -0.4 is 18.9 Å². The zero-order chi connectivity index (χ0) is 24.3. The molecule has 10 heteroatoms. The summed E-state index contributed by atoms with van der Waals surface area (Å²) in [6.45, 7) is 0. The van der Waals surface area contributed by atoms with Crippen molar-refractivity contribution in [1.29, 1.82) is 0 Å². The summed E-state index contributed by atoms with van der Waals surface area (Å²) in [6.07, 6.45) is 1.85. The average Bonchev–Trinajstić information content (AvgIpc) is 3.18. The molecule has 0 aliphatic carbocycles. The first-order chi connectivity index (χ1) is 15.8. The van der Waals surface area contributed by atoms with Gasteiger partial charge in [-0.05, 0) is 29.3 Å². The minimum Gasteiger partial charge on any atom is -0.493 e. The number of ether oxygens (including phenoxy) is 4. The molecule has 1 aromatic heterocycles. The van der Waals surface area contributed by atoms with E-state index in [4.69, 9.17) is 18.9 Å². The van der Waals surface area contributed by atoms with Gasteiger partial charge in [0.25, 0.3) is 0 Å². The number of aryl methyl sites for hydroxylation is 1. The van der Waals surface area contributed by atoms with E-state index in [1.54, 1.807) is 31.4 Å². The number of nitro groups is 1. The van der Waals surface area contributed by atoms with E-state index < -0.39 is 10.7 Å². The maximum Gasteiger partial charge on any atom is 0.311 e. The molecule has 0 bridgehead atoms. The van der Waals surface area contributed by atoms with Crippen LogP contribution in [0.15, 0.2) is 36.5 Å². The highest BCUT2D eigenvalue weighted by Crippen LogP contribution is 2.45. The fourth-order valence-corrected chi connectivity index (χ4v) is 3.72. The van der Waals surface area contributed by atoms with Crippen molar-refractivity contribution < 1.29 is 33.5 Å². The molecule has 0 saturated heterocycles. The Morgan fingerprint density at radius 1 is 0.939 bits per heavy atom. The minimum absolute atomic E-state index is 0.0956. The monoisotopic (exact) mass is 454 g/mol. The van der Waals surface area contributed by atoms with Gasteiger partial charge in [-0.25, -0.2) is 0 Å². The second-order valence-electron chi connectivity index (χ2n) is 6.92. The lowest BCUT2D eigenvalue weighted by molar-refractivity contribution is -0.385. The van der Waals surface area contributed by atoms with E-state index in [1.165, 1.54) is 45.1 Å². The number of hydrogen-bond donors (Lipinski definition) is 0. The smallest absolute Gasteiger partial charge is 0.311 e. The van der Waals surface area contributed by atoms with Crippen LogP contribution in [-0.2, 0) is 11.8 Å². The van der Waals surface area contributed by atoms with E-state index in [2.05, 4.69) is 0 Å². The number of Topliss-reactive ketones (excluding diaryl/α,β-unsaturated/α-hetero) is 1. The normalized spacial score (nSPS) is 10.5. The highest BCUT2D eigenvalue weighted by atomic mass is 16.6. The quantitative estimate of drug-likeness (QED) is 0.158. The summed E-state index contributed by atoms with van der Waals surface area (Å²) in [5, 5.41) is 11.6. The zero-order valence-corrected chi connectivity index (χ0v) is 18.7. The Bertz CT molecular complexity index is 1220. The number of methoxy groups -OCH3 is 4. The predicted octanol–water partition coefficient (Wildman–Crippen LogP) is 3.68. The molecule has 3 aromatic rings. The van der Waals surface area contributed by atoms with Crippen LogP contribution in [0.3, 0.4) is 0 Å². The molecule has 10 nitrogen and oxygen atoms in total. The molecule has 0 aliphatic heterocycles. The number of carbonyl (C=O) groups excluding carboxylic acids is 2. The topological polar surface area (TPSA) is 119 Å². The lowest BCUT2D eigenvalue weighted by Crippen LogP contribution is -2.08. The first-order valence-corrected chi connectivity index (χ1v) is 9.63. The second-order valence-corrected chi connectivity index (χ2v) is 6.92. The van der Waals surface area contributed by atoms with Crippen molar-refractivity contribution in [2.24, 2.45) is 7.05 Å². The molecule has 0 spiro atoms. The molecular weight excluding hydrogens is 432 g/mol. The Morgan fingerprint density at radius 3 is 2.03 bits per heavy atom. The van der Waals surface area contributed by atoms with Gasteiger partial charge in [0.1, 0.15) is 5.69 Å². The Hall–Kier alpha value is -4.34. The lowest BCUT2D eigenvalue weighted by Gasteiger charge is -2.15. The van der Waals surface area contributed by atoms with Gasteiger partial charge in [0, 0.05) is 30.4 Å². The molecule has 2 aromatic carbocycles. The summed E-state index contributed by atoms with van der Waals surface area (Å²) in [7, 11) is 7.33. The van der Waals surface area contributed by atoms with Crippen molar-refractivity contribution in [3.63, 3.8) is 0 Å². The van der Waals surface area contributed by atoms with E-state index >= 15 is 0 Å². The Balaban J connectivity index is 2.40. The summed E-state index contributed by atoms with van der Waals surface area (Å²) in [6, 6.07) is 7.74. The van der Waals surface area contributed by atoms with Gasteiger partial charge in [-0.1, -0.05) is 6.07 Å². The van der Waals surface area contributed by atoms with Crippen LogP contribution in [0, 0.1) is 10.1 Å². The van der Waals surface area contributed by atoms with Crippen molar-refractivity contribution in [3.8, 4) is 45.3 Å². The van der Waals surface area contributed by atoms with Crippen molar-refractivity contribution in [2.45, 2.75) is 0 Å². The van der Waals surface area contributed by atoms with Gasteiger partial charge >= 0.3 is 5.69 Å². The summed E-state index contributed by atoms with van der Waals surface area (Å²) in [4.78, 5) is 35.0. The molecule has 172 valence electrons. The molecule has 33 heavy (non-hydrogen) atoms. The number of hydrogen-bond acceptors (Lipinski definition) is 8. The molecule has 0 saturated carbocycles. The summed E-state index contributed by atoms with van der Waals surface area (Å²) in [5.41, 5.74) is 1.68. The number of rotatable bonds is 9. The van der Waals surface area contributed by atoms with Gasteiger partial charge in [0.05, 0.1) is 33.4 Å². The first kappa shape index (κ1) is 23.3. The average molecular weight is 454 g/mol. The molecule has 0 atom stereocenters. The van der Waals surface area contributed by atoms with Crippen molar-refractivity contribution in [2.75, 3.05) is 28.4 Å². The molecule has 0 N–H and O–H groups in total. The van der Waals surface area contributed by atoms with Crippen LogP contribution in [0.4, 0.5) is 5.69 Å². The number of aldehydes is 1. The van der Waals surface area contributed by atoms with Crippen LogP contribution in [0.2, 0.25) is 0 Å². The third-order valence-electron chi connectivity index (χ3n) is 5.16. The molecule has 0 radical (unpaired) electrons. The van der Waals surface area contributed by atoms with E-state index in [0.29, 0.717) is 39.5 Å². The first-order valence-electron chi connectivity index (χ1n) is 9.63. The lowest BCUT2D eigenvalue weighted by atomic mass is 9.94. The fraction of sp³-hybridized carbons (Fsp3) is 0.217. The molecule has 0 unspecified atom stereocenters. The summed E-state index contributed by atoms with van der Waals surface area (Å²) in [5.74, 6) is 0.372. The van der Waals surface area contributed by atoms with Crippen LogP contribution in [-0.4, -0.2) is 50.0 Å². The third-order valence-corrected chi connectivity index (χ3v) is 5.16. The summed E-state index contributed by atoms with van der Waals surface area (Å²) >= 11 is 0.